The van der Waals surface area contributed by atoms with Crippen LogP contribution in [0, 0.1) is 5.82 Å². The molecule has 31 heavy (non-hydrogen) atoms. The van der Waals surface area contributed by atoms with Crippen molar-refractivity contribution in [1.82, 2.24) is 0 Å². The Kier molecular flexibility index (Phi) is 5.78. The molecule has 0 unspecified atom stereocenters. The second-order valence-electron chi connectivity index (χ2n) is 6.40. The Hall–Kier alpha value is -4.53. The highest BCUT2D eigenvalue weighted by Gasteiger charge is 2.21. The first-order valence-corrected chi connectivity index (χ1v) is 8.72. The summed E-state index contributed by atoms with van der Waals surface area (Å²) in [5.41, 5.74) is -0.605. The summed E-state index contributed by atoms with van der Waals surface area (Å²) < 4.78 is 13.2. The molecule has 0 bridgehead atoms. The molecule has 3 aromatic carbocycles. The maximum absolute atomic E-state index is 13.2. The van der Waals surface area contributed by atoms with E-state index in [9.17, 15) is 33.8 Å². The maximum Gasteiger partial charge on any atom is 0.337 e. The minimum atomic E-state index is -1.46. The Morgan fingerprint density at radius 1 is 0.645 bits per heavy atom. The van der Waals surface area contributed by atoms with Gasteiger partial charge in [0.05, 0.1) is 27.9 Å². The molecule has 0 aliphatic carbocycles. The number of rotatable bonds is 6. The first kappa shape index (κ1) is 21.2. The second kappa shape index (κ2) is 8.46. The van der Waals surface area contributed by atoms with E-state index in [-0.39, 0.29) is 16.8 Å². The van der Waals surface area contributed by atoms with E-state index in [4.69, 9.17) is 5.11 Å². The van der Waals surface area contributed by atoms with Crippen LogP contribution in [0.1, 0.15) is 41.4 Å². The van der Waals surface area contributed by atoms with Crippen molar-refractivity contribution in [2.24, 2.45) is 0 Å². The van der Waals surface area contributed by atoms with Crippen molar-refractivity contribution in [2.45, 2.75) is 0 Å². The van der Waals surface area contributed by atoms with Crippen LogP contribution in [0.15, 0.2) is 60.7 Å². The lowest BCUT2D eigenvalue weighted by atomic mass is 10.0. The van der Waals surface area contributed by atoms with Crippen LogP contribution in [0.2, 0.25) is 0 Å². The minimum Gasteiger partial charge on any atom is -0.478 e. The average molecular weight is 423 g/mol. The van der Waals surface area contributed by atoms with Crippen molar-refractivity contribution in [1.29, 1.82) is 0 Å². The van der Waals surface area contributed by atoms with Crippen LogP contribution in [-0.2, 0) is 0 Å². The first-order valence-electron chi connectivity index (χ1n) is 8.72. The van der Waals surface area contributed by atoms with Gasteiger partial charge < -0.3 is 20.6 Å². The summed E-state index contributed by atoms with van der Waals surface area (Å²) in [6, 6.07) is 12.3. The molecule has 0 aliphatic heterocycles. The van der Waals surface area contributed by atoms with Gasteiger partial charge in [0.25, 0.3) is 5.91 Å². The Bertz CT molecular complexity index is 1220. The second-order valence-corrected chi connectivity index (χ2v) is 6.40. The smallest absolute Gasteiger partial charge is 0.337 e. The van der Waals surface area contributed by atoms with Crippen LogP contribution in [-0.4, -0.2) is 39.1 Å². The molecular weight excluding hydrogens is 409 g/mol. The molecule has 0 saturated heterocycles. The molecule has 0 saturated carbocycles. The van der Waals surface area contributed by atoms with Crippen molar-refractivity contribution < 1.29 is 38.9 Å². The normalized spacial score (nSPS) is 10.4. The van der Waals surface area contributed by atoms with Gasteiger partial charge in [0.2, 0.25) is 0 Å². The number of halogens is 1. The monoisotopic (exact) mass is 423 g/mol. The standard InChI is InChI=1S/C22H14FNO7/c23-14-5-1-11(2-6-14)12-3-8-16(22(30)31)18(10-12)24-19(25)17-9-13(20(26)27)4-7-15(17)21(28)29/h1-10H,(H,24,25)(H,26,27)(H,28,29)(H,30,31). The van der Waals surface area contributed by atoms with Gasteiger partial charge in [-0.15, -0.1) is 0 Å². The van der Waals surface area contributed by atoms with Crippen LogP contribution in [0.25, 0.3) is 11.1 Å². The summed E-state index contributed by atoms with van der Waals surface area (Å²) in [7, 11) is 0. The summed E-state index contributed by atoms with van der Waals surface area (Å²) >= 11 is 0. The van der Waals surface area contributed by atoms with Gasteiger partial charge in [0, 0.05) is 0 Å². The molecule has 0 spiro atoms. The zero-order valence-corrected chi connectivity index (χ0v) is 15.6. The van der Waals surface area contributed by atoms with E-state index in [2.05, 4.69) is 5.32 Å². The largest absolute Gasteiger partial charge is 0.478 e. The van der Waals surface area contributed by atoms with Gasteiger partial charge in [-0.2, -0.15) is 0 Å². The lowest BCUT2D eigenvalue weighted by Crippen LogP contribution is -2.19. The lowest BCUT2D eigenvalue weighted by Gasteiger charge is -2.13. The van der Waals surface area contributed by atoms with Crippen LogP contribution < -0.4 is 5.32 Å². The molecule has 0 aliphatic rings. The predicted octanol–water partition coefficient (Wildman–Crippen LogP) is 3.84. The molecule has 156 valence electrons. The van der Waals surface area contributed by atoms with E-state index in [1.807, 2.05) is 0 Å². The van der Waals surface area contributed by atoms with Crippen molar-refractivity contribution in [2.75, 3.05) is 5.32 Å². The van der Waals surface area contributed by atoms with Crippen LogP contribution in [0.4, 0.5) is 10.1 Å². The molecule has 0 atom stereocenters. The third-order valence-electron chi connectivity index (χ3n) is 4.42. The molecule has 0 aromatic heterocycles. The highest BCUT2D eigenvalue weighted by Crippen LogP contribution is 2.27. The Morgan fingerprint density at radius 2 is 1.23 bits per heavy atom. The molecular formula is C22H14FNO7. The maximum atomic E-state index is 13.2. The molecule has 0 fully saturated rings. The van der Waals surface area contributed by atoms with Crippen LogP contribution in [0.5, 0.6) is 0 Å². The lowest BCUT2D eigenvalue weighted by molar-refractivity contribution is 0.0679. The Labute approximate surface area is 174 Å². The number of benzene rings is 3. The van der Waals surface area contributed by atoms with E-state index in [1.54, 1.807) is 0 Å². The van der Waals surface area contributed by atoms with Crippen LogP contribution in [0.3, 0.4) is 0 Å². The number of carboxylic acids is 3. The van der Waals surface area contributed by atoms with Gasteiger partial charge in [0.1, 0.15) is 5.82 Å². The quantitative estimate of drug-likeness (QED) is 0.472. The fraction of sp³-hybridized carbons (Fsp3) is 0. The summed E-state index contributed by atoms with van der Waals surface area (Å²) in [6.07, 6.45) is 0. The number of anilines is 1. The van der Waals surface area contributed by atoms with Gasteiger partial charge in [0.15, 0.2) is 0 Å². The van der Waals surface area contributed by atoms with Gasteiger partial charge in [-0.05, 0) is 53.6 Å². The van der Waals surface area contributed by atoms with Crippen molar-refractivity contribution in [3.05, 3.63) is 88.7 Å². The molecule has 3 aromatic rings. The SMILES string of the molecule is O=C(O)c1ccc(C(=O)O)c(C(=O)Nc2cc(-c3ccc(F)cc3)ccc2C(=O)O)c1. The van der Waals surface area contributed by atoms with E-state index in [1.165, 1.54) is 42.5 Å². The molecule has 0 heterocycles. The summed E-state index contributed by atoms with van der Waals surface area (Å²) in [4.78, 5) is 47.0. The number of carbonyl (C=O) groups is 4. The first-order chi connectivity index (χ1) is 14.7. The van der Waals surface area contributed by atoms with Crippen LogP contribution >= 0.6 is 0 Å². The van der Waals surface area contributed by atoms with E-state index in [0.717, 1.165) is 18.2 Å². The number of hydrogen-bond donors (Lipinski definition) is 4. The highest BCUT2D eigenvalue weighted by atomic mass is 19.1. The van der Waals surface area contributed by atoms with Gasteiger partial charge in [-0.1, -0.05) is 18.2 Å². The predicted molar refractivity (Wildman–Crippen MR) is 107 cm³/mol. The number of nitrogens with one attached hydrogen (secondary N) is 1. The minimum absolute atomic E-state index is 0.142. The topological polar surface area (TPSA) is 141 Å². The summed E-state index contributed by atoms with van der Waals surface area (Å²) in [5.74, 6) is -5.63. The number of aromatic carboxylic acids is 3. The fourth-order valence-electron chi connectivity index (χ4n) is 2.90. The zero-order chi connectivity index (χ0) is 22.7. The summed E-state index contributed by atoms with van der Waals surface area (Å²) in [6.45, 7) is 0. The molecule has 4 N–H and O–H groups in total. The fourth-order valence-corrected chi connectivity index (χ4v) is 2.90. The Balaban J connectivity index is 2.06. The number of carboxylic acid groups (broad SMARTS) is 3. The molecule has 3 rings (SSSR count). The van der Waals surface area contributed by atoms with Gasteiger partial charge >= 0.3 is 17.9 Å². The molecule has 0 radical (unpaired) electrons. The van der Waals surface area contributed by atoms with Crippen molar-refractivity contribution in [3.63, 3.8) is 0 Å². The molecule has 1 amide bonds. The van der Waals surface area contributed by atoms with Crippen molar-refractivity contribution >= 4 is 29.5 Å². The van der Waals surface area contributed by atoms with Gasteiger partial charge in [-0.3, -0.25) is 4.79 Å². The average Bonchev–Trinajstić information content (AvgIpc) is 2.73. The van der Waals surface area contributed by atoms with Crippen molar-refractivity contribution in [3.8, 4) is 11.1 Å². The number of carbonyl (C=O) groups excluding carboxylic acids is 1. The van der Waals surface area contributed by atoms with E-state index in [0.29, 0.717) is 11.1 Å². The Morgan fingerprint density at radius 3 is 1.81 bits per heavy atom. The third kappa shape index (κ3) is 4.56. The summed E-state index contributed by atoms with van der Waals surface area (Å²) in [5, 5.41) is 30.2. The molecule has 8 nitrogen and oxygen atoms in total. The van der Waals surface area contributed by atoms with E-state index >= 15 is 0 Å². The number of hydrogen-bond acceptors (Lipinski definition) is 4. The zero-order valence-electron chi connectivity index (χ0n) is 15.6. The molecule has 9 heteroatoms. The number of amides is 1. The van der Waals surface area contributed by atoms with Gasteiger partial charge in [-0.25, -0.2) is 18.8 Å². The third-order valence-corrected chi connectivity index (χ3v) is 4.42. The highest BCUT2D eigenvalue weighted by molar-refractivity contribution is 6.13. The van der Waals surface area contributed by atoms with E-state index < -0.39 is 40.8 Å².